The molecule has 12 rings (SSSR count). The molecule has 0 aliphatic heterocycles. The Morgan fingerprint density at radius 2 is 0.760 bits per heavy atom. The number of hydrogen-bond donors (Lipinski definition) is 6. The highest BCUT2D eigenvalue weighted by Crippen LogP contribution is 2.48. The highest BCUT2D eigenvalue weighted by atomic mass is 32.1. The van der Waals surface area contributed by atoms with Crippen molar-refractivity contribution in [2.24, 2.45) is 0 Å². The van der Waals surface area contributed by atoms with Gasteiger partial charge in [0.2, 0.25) is 5.89 Å². The van der Waals surface area contributed by atoms with E-state index in [9.17, 15) is 29.7 Å². The summed E-state index contributed by atoms with van der Waals surface area (Å²) in [5.41, 5.74) is 22.4. The third-order valence-corrected chi connectivity index (χ3v) is 21.1. The highest BCUT2D eigenvalue weighted by Gasteiger charge is 2.31. The van der Waals surface area contributed by atoms with Crippen molar-refractivity contribution in [1.29, 1.82) is 0 Å². The molecule has 0 unspecified atom stereocenters. The Labute approximate surface area is 616 Å². The number of anilines is 6. The molecule has 3 aromatic heterocycles. The maximum absolute atomic E-state index is 12.6. The number of aromatic hydroxyl groups is 3. The fraction of sp³-hybridized carbons (Fsp3) is 0.259. The fourth-order valence-electron chi connectivity index (χ4n) is 12.8. The van der Waals surface area contributed by atoms with E-state index in [1.54, 1.807) is 13.0 Å². The summed E-state index contributed by atoms with van der Waals surface area (Å²) < 4.78 is 19.0. The first-order valence-electron chi connectivity index (χ1n) is 35.0. The number of H-pyrrole nitrogens is 1. The second-order valence-corrected chi connectivity index (χ2v) is 29.5. The molecule has 0 amide bonds. The zero-order valence-electron chi connectivity index (χ0n) is 63.0. The Kier molecular flexibility index (Phi) is 23.7. The molecule has 0 fully saturated rings. The number of imidazole rings is 1. The number of aromatic amines is 1. The Morgan fingerprint density at radius 3 is 1.16 bits per heavy atom. The lowest BCUT2D eigenvalue weighted by molar-refractivity contribution is 0.386. The van der Waals surface area contributed by atoms with Gasteiger partial charge in [-0.05, 0) is 218 Å². The normalized spacial score (nSPS) is 11.2. The van der Waals surface area contributed by atoms with Crippen molar-refractivity contribution in [2.75, 3.05) is 112 Å². The van der Waals surface area contributed by atoms with Crippen LogP contribution in [-0.2, 0) is 4.57 Å². The van der Waals surface area contributed by atoms with Gasteiger partial charge in [-0.15, -0.1) is 11.3 Å². The van der Waals surface area contributed by atoms with Crippen molar-refractivity contribution in [3.05, 3.63) is 209 Å². The van der Waals surface area contributed by atoms with Gasteiger partial charge < -0.3 is 63.9 Å². The summed E-state index contributed by atoms with van der Waals surface area (Å²) in [6, 6.07) is 59.5. The van der Waals surface area contributed by atoms with Gasteiger partial charge in [-0.1, -0.05) is 60.7 Å². The molecule has 0 aliphatic carbocycles. The number of aromatic nitrogens is 4. The van der Waals surface area contributed by atoms with Crippen molar-refractivity contribution >= 4 is 58.4 Å². The summed E-state index contributed by atoms with van der Waals surface area (Å²) in [7, 11) is 11.5. The van der Waals surface area contributed by atoms with Gasteiger partial charge in [0.15, 0.2) is 5.76 Å². The van der Waals surface area contributed by atoms with Crippen molar-refractivity contribution < 1.29 is 34.1 Å². The van der Waals surface area contributed by atoms with E-state index >= 15 is 0 Å². The van der Waals surface area contributed by atoms with Crippen LogP contribution in [-0.4, -0.2) is 128 Å². The number of phenolic OH excluding ortho intramolecular Hbond substituents is 3. The predicted octanol–water partition coefficient (Wildman–Crippen LogP) is 19.0. The molecule has 0 bridgehead atoms. The number of benzene rings is 9. The van der Waals surface area contributed by atoms with E-state index in [0.717, 1.165) is 166 Å². The summed E-state index contributed by atoms with van der Waals surface area (Å²) in [5.74, 6) is 2.58. The van der Waals surface area contributed by atoms with Crippen molar-refractivity contribution in [2.45, 2.75) is 69.2 Å². The largest absolute Gasteiger partial charge is 0.507 e. The molecule has 19 heteroatoms. The van der Waals surface area contributed by atoms with E-state index in [-0.39, 0.29) is 16.6 Å². The van der Waals surface area contributed by atoms with E-state index in [1.165, 1.54) is 18.3 Å². The summed E-state index contributed by atoms with van der Waals surface area (Å²) in [6.45, 7) is 23.0. The minimum Gasteiger partial charge on any atom is -0.507 e. The molecule has 9 aromatic carbocycles. The second kappa shape index (κ2) is 32.4. The quantitative estimate of drug-likeness (QED) is 0.0393. The van der Waals surface area contributed by atoms with Crippen LogP contribution < -0.4 is 34.7 Å². The molecule has 0 saturated carbocycles. The van der Waals surface area contributed by atoms with Crippen LogP contribution in [0.2, 0.25) is 0 Å². The SMILES string of the molecule is CCN(CC)c1ccc(-c2nc(-c3cc(C)c(O)c(C)c3P(=O)(O)O)sc2-c2ccc(N(CC)CC)cc2)cc1.Cc1cc(-c2nc(-c3ccc(N(C)C)cc3)c(-c3ccc(N(C)C)cc3)[nH]2)cc(C)c1O.Cc1cc(-c2nc(-c3ccc(N(C)C)cc3)c(-c3ccc(N(C)C)cc3)o2)cc(C)c1O. The first-order valence-corrected chi connectivity index (χ1v) is 37.4. The molecule has 104 heavy (non-hydrogen) atoms. The molecule has 6 N–H and O–H groups in total. The minimum atomic E-state index is -4.71. The van der Waals surface area contributed by atoms with E-state index < -0.39 is 7.60 Å². The number of phenols is 3. The van der Waals surface area contributed by atoms with Crippen molar-refractivity contribution in [1.82, 2.24) is 19.9 Å². The number of aryl methyl sites for hydroxylation is 5. The fourth-order valence-corrected chi connectivity index (χ4v) is 15.0. The number of rotatable bonds is 20. The molecule has 0 spiro atoms. The number of hydrogen-bond acceptors (Lipinski definition) is 15. The monoisotopic (exact) mass is 1430 g/mol. The van der Waals surface area contributed by atoms with Gasteiger partial charge in [0.25, 0.3) is 0 Å². The zero-order chi connectivity index (χ0) is 75.2. The third-order valence-electron chi connectivity index (χ3n) is 18.8. The van der Waals surface area contributed by atoms with Crippen molar-refractivity contribution in [3.8, 4) is 117 Å². The zero-order valence-corrected chi connectivity index (χ0v) is 64.7. The molecule has 3 heterocycles. The van der Waals surface area contributed by atoms with E-state index in [1.807, 2.05) is 108 Å². The second-order valence-electron chi connectivity index (χ2n) is 26.9. The lowest BCUT2D eigenvalue weighted by Gasteiger charge is -2.21. The topological polar surface area (TPSA) is 205 Å². The molecular formula is C85H97N10O7PS. The molecule has 0 atom stereocenters. The average molecular weight is 1430 g/mol. The van der Waals surface area contributed by atoms with Gasteiger partial charge in [-0.3, -0.25) is 4.57 Å². The van der Waals surface area contributed by atoms with Gasteiger partial charge in [0.1, 0.15) is 33.8 Å². The van der Waals surface area contributed by atoms with Crippen LogP contribution in [0.4, 0.5) is 34.1 Å². The standard InChI is InChI=1S/C31H38N3O4PS.C27H30N4O.C27H29N3O2/c1-7-33(8-2)24-15-11-22(12-16-24)27-30(23-13-17-25(18-14-23)34(9-3)10-4)40-31(32-27)26-19-20(5)28(35)21(6)29(26)39(36,37)38;1-17-15-21(16-18(2)26(17)32)27-28-24(19-7-11-22(12-8-19)30(3)4)25(29-27)20-9-13-23(14-10-20)31(5)6;1-17-15-21(16-18(2)25(17)31)27-28-24(19-7-11-22(12-8-19)29(3)4)26(32-27)20-9-13-23(14-10-20)30(5)6/h11-19,35H,7-10H2,1-6H3,(H2,36,37,38);7-16,32H,1-6H3,(H,28,29);7-16,31H,1-6H3. The van der Waals surface area contributed by atoms with E-state index in [0.29, 0.717) is 33.5 Å². The number of nitrogens with zero attached hydrogens (tertiary/aromatic N) is 9. The predicted molar refractivity (Wildman–Crippen MR) is 436 cm³/mol. The Morgan fingerprint density at radius 1 is 0.404 bits per heavy atom. The van der Waals surface area contributed by atoms with Gasteiger partial charge in [0, 0.05) is 167 Å². The van der Waals surface area contributed by atoms with Crippen LogP contribution >= 0.6 is 18.9 Å². The number of thiazole rings is 1. The maximum Gasteiger partial charge on any atom is 0.357 e. The Hall–Kier alpha value is -10.6. The third kappa shape index (κ3) is 16.7. The minimum absolute atomic E-state index is 0.113. The van der Waals surface area contributed by atoms with Crippen LogP contribution in [0.3, 0.4) is 0 Å². The molecule has 12 aromatic rings. The van der Waals surface area contributed by atoms with Crippen LogP contribution in [0.5, 0.6) is 17.2 Å². The van der Waals surface area contributed by atoms with Crippen LogP contribution in [0, 0.1) is 41.5 Å². The molecule has 0 aliphatic rings. The van der Waals surface area contributed by atoms with Crippen molar-refractivity contribution in [3.63, 3.8) is 0 Å². The summed E-state index contributed by atoms with van der Waals surface area (Å²) in [4.78, 5) is 52.8. The smallest absolute Gasteiger partial charge is 0.357 e. The Balaban J connectivity index is 0.000000169. The average Bonchev–Trinajstić information content (AvgIpc) is 1.37. The first-order chi connectivity index (χ1) is 49.5. The lowest BCUT2D eigenvalue weighted by atomic mass is 10.0. The van der Waals surface area contributed by atoms with Gasteiger partial charge in [-0.25, -0.2) is 15.0 Å². The van der Waals surface area contributed by atoms with Gasteiger partial charge in [0.05, 0.1) is 27.3 Å². The molecule has 0 radical (unpaired) electrons. The highest BCUT2D eigenvalue weighted by molar-refractivity contribution is 7.60. The van der Waals surface area contributed by atoms with Crippen LogP contribution in [0.25, 0.3) is 100 Å². The maximum atomic E-state index is 12.6. The Bertz CT molecular complexity index is 4540. The molecule has 540 valence electrons. The summed E-state index contributed by atoms with van der Waals surface area (Å²) in [6.07, 6.45) is 0. The van der Waals surface area contributed by atoms with Gasteiger partial charge in [-0.2, -0.15) is 0 Å². The first kappa shape index (κ1) is 76.0. The number of nitrogens with one attached hydrogen (secondary N) is 1. The van der Waals surface area contributed by atoms with Gasteiger partial charge >= 0.3 is 7.60 Å². The number of oxazole rings is 1. The molecule has 0 saturated heterocycles. The summed E-state index contributed by atoms with van der Waals surface area (Å²) >= 11 is 1.40. The van der Waals surface area contributed by atoms with Crippen LogP contribution in [0.1, 0.15) is 61.1 Å². The van der Waals surface area contributed by atoms with Crippen LogP contribution in [0.15, 0.2) is 180 Å². The lowest BCUT2D eigenvalue weighted by Crippen LogP contribution is -2.21. The van der Waals surface area contributed by atoms with E-state index in [4.69, 9.17) is 19.4 Å². The summed E-state index contributed by atoms with van der Waals surface area (Å²) in [5, 5.41) is 31.2. The van der Waals surface area contributed by atoms with E-state index in [2.05, 4.69) is 208 Å². The molecular weight excluding hydrogens is 1340 g/mol. The molecule has 17 nitrogen and oxygen atoms in total.